The van der Waals surface area contributed by atoms with Gasteiger partial charge in [0.25, 0.3) is 0 Å². The minimum atomic E-state index is -0.521. The summed E-state index contributed by atoms with van der Waals surface area (Å²) >= 11 is 8.75. The van der Waals surface area contributed by atoms with Crippen LogP contribution in [0.1, 0.15) is 44.6 Å². The van der Waals surface area contributed by atoms with Gasteiger partial charge in [-0.3, -0.25) is 9.59 Å². The minimum absolute atomic E-state index is 0.0670. The quantitative estimate of drug-likeness (QED) is 0.309. The van der Waals surface area contributed by atoms with Crippen molar-refractivity contribution in [2.75, 3.05) is 12.9 Å². The second kappa shape index (κ2) is 11.4. The van der Waals surface area contributed by atoms with Gasteiger partial charge in [-0.1, -0.05) is 6.42 Å². The van der Waals surface area contributed by atoms with Crippen LogP contribution in [0.3, 0.4) is 0 Å². The third-order valence-electron chi connectivity index (χ3n) is 4.84. The first-order chi connectivity index (χ1) is 13.4. The van der Waals surface area contributed by atoms with Crippen LogP contribution in [0.4, 0.5) is 0 Å². The molecule has 0 saturated carbocycles. The van der Waals surface area contributed by atoms with Crippen molar-refractivity contribution in [2.45, 2.75) is 56.7 Å². The van der Waals surface area contributed by atoms with Crippen molar-refractivity contribution >= 4 is 47.9 Å². The summed E-state index contributed by atoms with van der Waals surface area (Å²) in [6.07, 6.45) is 6.52. The van der Waals surface area contributed by atoms with Crippen molar-refractivity contribution in [3.05, 3.63) is 30.0 Å². The molecule has 2 N–H and O–H groups in total. The number of hydrogen-bond donors (Lipinski definition) is 4. The van der Waals surface area contributed by atoms with E-state index in [4.69, 9.17) is 4.74 Å². The highest BCUT2D eigenvalue weighted by atomic mass is 32.1. The molecule has 7 heteroatoms. The van der Waals surface area contributed by atoms with Crippen LogP contribution in [0.5, 0.6) is 5.75 Å². The van der Waals surface area contributed by atoms with Gasteiger partial charge in [0, 0.05) is 42.1 Å². The SMILES string of the molecule is COc1ccc2[nH]cc(CC(NC(C)=O)C(=O)CCCCC(S)CCS)c2c1. The molecule has 2 atom stereocenters. The first kappa shape index (κ1) is 22.7. The maximum Gasteiger partial charge on any atom is 0.217 e. The second-order valence-electron chi connectivity index (χ2n) is 7.06. The Morgan fingerprint density at radius 2 is 2.04 bits per heavy atom. The number of unbranched alkanes of at least 4 members (excludes halogenated alkanes) is 1. The van der Waals surface area contributed by atoms with Crippen molar-refractivity contribution < 1.29 is 14.3 Å². The van der Waals surface area contributed by atoms with Crippen molar-refractivity contribution in [1.29, 1.82) is 0 Å². The summed E-state index contributed by atoms with van der Waals surface area (Å²) in [6, 6.07) is 5.27. The number of aromatic nitrogens is 1. The van der Waals surface area contributed by atoms with Crippen LogP contribution < -0.4 is 10.1 Å². The van der Waals surface area contributed by atoms with Crippen LogP contribution in [-0.2, 0) is 16.0 Å². The van der Waals surface area contributed by atoms with E-state index in [2.05, 4.69) is 35.6 Å². The molecule has 1 amide bonds. The van der Waals surface area contributed by atoms with Gasteiger partial charge in [-0.25, -0.2) is 0 Å². The molecule has 0 fully saturated rings. The van der Waals surface area contributed by atoms with E-state index in [0.29, 0.717) is 18.1 Å². The van der Waals surface area contributed by atoms with E-state index in [0.717, 1.165) is 53.7 Å². The lowest BCUT2D eigenvalue weighted by atomic mass is 9.97. The zero-order valence-corrected chi connectivity index (χ0v) is 18.3. The number of H-pyrrole nitrogens is 1. The monoisotopic (exact) mass is 422 g/mol. The lowest BCUT2D eigenvalue weighted by Gasteiger charge is -2.17. The largest absolute Gasteiger partial charge is 0.497 e. The highest BCUT2D eigenvalue weighted by Crippen LogP contribution is 2.25. The normalized spacial score (nSPS) is 13.3. The predicted octanol–water partition coefficient (Wildman–Crippen LogP) is 3.97. The molecule has 1 aromatic carbocycles. The van der Waals surface area contributed by atoms with Crippen LogP contribution in [0.2, 0.25) is 0 Å². The number of fused-ring (bicyclic) bond motifs is 1. The van der Waals surface area contributed by atoms with Gasteiger partial charge in [-0.2, -0.15) is 25.3 Å². The molecule has 1 aromatic heterocycles. The van der Waals surface area contributed by atoms with E-state index in [-0.39, 0.29) is 11.7 Å². The molecule has 0 radical (unpaired) electrons. The van der Waals surface area contributed by atoms with Gasteiger partial charge in [0.2, 0.25) is 5.91 Å². The third kappa shape index (κ3) is 6.78. The van der Waals surface area contributed by atoms with Gasteiger partial charge in [-0.15, -0.1) is 0 Å². The number of ketones is 1. The number of aromatic amines is 1. The Hall–Kier alpha value is -1.60. The molecule has 2 rings (SSSR count). The average Bonchev–Trinajstić information content (AvgIpc) is 3.06. The van der Waals surface area contributed by atoms with Crippen molar-refractivity contribution in [3.63, 3.8) is 0 Å². The molecule has 2 aromatic rings. The molecule has 0 aliphatic rings. The molecule has 1 heterocycles. The molecule has 5 nitrogen and oxygen atoms in total. The highest BCUT2D eigenvalue weighted by Gasteiger charge is 2.21. The average molecular weight is 423 g/mol. The van der Waals surface area contributed by atoms with E-state index in [9.17, 15) is 9.59 Å². The highest BCUT2D eigenvalue weighted by molar-refractivity contribution is 7.81. The number of nitrogens with one attached hydrogen (secondary N) is 2. The Bertz CT molecular complexity index is 791. The molecule has 2 unspecified atom stereocenters. The smallest absolute Gasteiger partial charge is 0.217 e. The number of carbonyl (C=O) groups is 2. The van der Waals surface area contributed by atoms with E-state index in [1.54, 1.807) is 7.11 Å². The Balaban J connectivity index is 2.01. The molecule has 0 bridgehead atoms. The van der Waals surface area contributed by atoms with Gasteiger partial charge in [0.15, 0.2) is 5.78 Å². The number of rotatable bonds is 12. The van der Waals surface area contributed by atoms with E-state index in [1.807, 2.05) is 24.4 Å². The Morgan fingerprint density at radius 3 is 2.71 bits per heavy atom. The Morgan fingerprint density at radius 1 is 1.25 bits per heavy atom. The van der Waals surface area contributed by atoms with E-state index < -0.39 is 6.04 Å². The standard InChI is InChI=1S/C21H30N2O3S2/c1-14(24)23-20(21(25)6-4-3-5-17(28)9-10-27)11-15-13-22-19-8-7-16(26-2)12-18(15)19/h7-8,12-13,17,20,22,27-28H,3-6,9-11H2,1-2H3,(H,23,24). The fraction of sp³-hybridized carbons (Fsp3) is 0.524. The van der Waals surface area contributed by atoms with Crippen molar-refractivity contribution in [1.82, 2.24) is 10.3 Å². The molecule has 0 aliphatic heterocycles. The number of ether oxygens (including phenoxy) is 1. The predicted molar refractivity (Wildman–Crippen MR) is 121 cm³/mol. The van der Waals surface area contributed by atoms with Crippen molar-refractivity contribution in [2.24, 2.45) is 0 Å². The summed E-state index contributed by atoms with van der Waals surface area (Å²) in [5, 5.41) is 4.16. The number of benzene rings is 1. The van der Waals surface area contributed by atoms with Crippen LogP contribution >= 0.6 is 25.3 Å². The van der Waals surface area contributed by atoms with Crippen molar-refractivity contribution in [3.8, 4) is 5.75 Å². The first-order valence-corrected chi connectivity index (χ1v) is 10.8. The molecular weight excluding hydrogens is 392 g/mol. The first-order valence-electron chi connectivity index (χ1n) is 9.67. The number of hydrogen-bond acceptors (Lipinski definition) is 5. The zero-order chi connectivity index (χ0) is 20.5. The molecule has 28 heavy (non-hydrogen) atoms. The second-order valence-corrected chi connectivity index (χ2v) is 8.24. The summed E-state index contributed by atoms with van der Waals surface area (Å²) in [5.41, 5.74) is 1.97. The molecule has 0 aliphatic carbocycles. The maximum absolute atomic E-state index is 12.8. The van der Waals surface area contributed by atoms with Gasteiger partial charge in [-0.05, 0) is 48.8 Å². The van der Waals surface area contributed by atoms with E-state index >= 15 is 0 Å². The molecule has 154 valence electrons. The van der Waals surface area contributed by atoms with Gasteiger partial charge in [0.05, 0.1) is 13.2 Å². The van der Waals surface area contributed by atoms with E-state index in [1.165, 1.54) is 6.92 Å². The summed E-state index contributed by atoms with van der Waals surface area (Å²) in [7, 11) is 1.63. The van der Waals surface area contributed by atoms with Crippen LogP contribution in [-0.4, -0.2) is 40.8 Å². The topological polar surface area (TPSA) is 71.2 Å². The summed E-state index contributed by atoms with van der Waals surface area (Å²) in [4.78, 5) is 27.6. The third-order valence-corrected chi connectivity index (χ3v) is 5.61. The minimum Gasteiger partial charge on any atom is -0.497 e. The van der Waals surface area contributed by atoms with Gasteiger partial charge < -0.3 is 15.0 Å². The van der Waals surface area contributed by atoms with Crippen LogP contribution in [0.15, 0.2) is 24.4 Å². The van der Waals surface area contributed by atoms with Crippen LogP contribution in [0, 0.1) is 0 Å². The molecule has 0 spiro atoms. The number of methoxy groups -OCH3 is 1. The summed E-state index contributed by atoms with van der Waals surface area (Å²) < 4.78 is 5.30. The molecule has 0 saturated heterocycles. The number of Topliss-reactive ketones (excluding diaryl/α,β-unsaturated/α-hetero) is 1. The van der Waals surface area contributed by atoms with Gasteiger partial charge in [0.1, 0.15) is 5.75 Å². The summed E-state index contributed by atoms with van der Waals surface area (Å²) in [6.45, 7) is 1.45. The maximum atomic E-state index is 12.8. The zero-order valence-electron chi connectivity index (χ0n) is 16.5. The summed E-state index contributed by atoms with van der Waals surface area (Å²) in [5.74, 6) is 1.46. The Labute approximate surface area is 177 Å². The van der Waals surface area contributed by atoms with Gasteiger partial charge >= 0.3 is 0 Å². The number of amides is 1. The number of thiol groups is 2. The molecular formula is C21H30N2O3S2. The van der Waals surface area contributed by atoms with Crippen LogP contribution in [0.25, 0.3) is 10.9 Å². The fourth-order valence-electron chi connectivity index (χ4n) is 3.31. The Kier molecular flexibility index (Phi) is 9.25. The lowest BCUT2D eigenvalue weighted by Crippen LogP contribution is -2.41. The lowest BCUT2D eigenvalue weighted by molar-refractivity contribution is -0.126. The fourth-order valence-corrected chi connectivity index (χ4v) is 4.14. The number of carbonyl (C=O) groups excluding carboxylic acids is 2.